The van der Waals surface area contributed by atoms with Crippen LogP contribution < -0.4 is 0 Å². The van der Waals surface area contributed by atoms with E-state index in [9.17, 15) is 9.90 Å². The Morgan fingerprint density at radius 2 is 1.92 bits per heavy atom. The number of thiazole rings is 1. The lowest BCUT2D eigenvalue weighted by atomic mass is 9.87. The molecule has 1 fully saturated rings. The van der Waals surface area contributed by atoms with E-state index in [4.69, 9.17) is 0 Å². The molecule has 0 spiro atoms. The van der Waals surface area contributed by atoms with Gasteiger partial charge in [-0.15, -0.1) is 11.3 Å². The van der Waals surface area contributed by atoms with Crippen LogP contribution in [0.5, 0.6) is 0 Å². The number of likely N-dealkylation sites (tertiary alicyclic amines) is 1. The van der Waals surface area contributed by atoms with E-state index in [0.717, 1.165) is 12.0 Å². The van der Waals surface area contributed by atoms with Crippen LogP contribution in [-0.2, 0) is 0 Å². The Morgan fingerprint density at radius 1 is 1.15 bits per heavy atom. The van der Waals surface area contributed by atoms with Gasteiger partial charge in [-0.05, 0) is 18.1 Å². The topological polar surface area (TPSA) is 79.2 Å². The summed E-state index contributed by atoms with van der Waals surface area (Å²) in [5.41, 5.74) is 1.49. The van der Waals surface area contributed by atoms with Crippen molar-refractivity contribution in [2.45, 2.75) is 18.4 Å². The maximum atomic E-state index is 12.8. The first-order chi connectivity index (χ1) is 12.7. The van der Waals surface area contributed by atoms with Gasteiger partial charge in [-0.3, -0.25) is 4.79 Å². The molecule has 132 valence electrons. The van der Waals surface area contributed by atoms with Gasteiger partial charge < -0.3 is 10.0 Å². The number of aliphatic hydroxyl groups is 1. The fourth-order valence-corrected chi connectivity index (χ4v) is 3.99. The summed E-state index contributed by atoms with van der Waals surface area (Å²) in [5, 5.41) is 12.9. The third kappa shape index (κ3) is 3.36. The standard InChI is InChI=1S/C19H18N4O2S/c24-16-11-23(10-7-14(16)13-5-2-1-3-6-13)19(25)15-12-26-18(22-15)17-20-8-4-9-21-17/h1-6,8-9,12,14,16,24H,7,10-11H2/t14-,16+/m0/s1. The van der Waals surface area contributed by atoms with E-state index in [1.54, 1.807) is 28.7 Å². The minimum atomic E-state index is -0.578. The van der Waals surface area contributed by atoms with Gasteiger partial charge in [-0.2, -0.15) is 0 Å². The first-order valence-electron chi connectivity index (χ1n) is 8.47. The van der Waals surface area contributed by atoms with Crippen LogP contribution in [0.15, 0.2) is 54.2 Å². The molecule has 4 rings (SSSR count). The molecule has 0 saturated carbocycles. The van der Waals surface area contributed by atoms with Crippen LogP contribution >= 0.6 is 11.3 Å². The van der Waals surface area contributed by atoms with E-state index in [2.05, 4.69) is 15.0 Å². The minimum Gasteiger partial charge on any atom is -0.391 e. The predicted octanol–water partition coefficient (Wildman–Crippen LogP) is 2.59. The molecule has 7 heteroatoms. The summed E-state index contributed by atoms with van der Waals surface area (Å²) < 4.78 is 0. The summed E-state index contributed by atoms with van der Waals surface area (Å²) in [4.78, 5) is 27.1. The zero-order valence-corrected chi connectivity index (χ0v) is 14.8. The van der Waals surface area contributed by atoms with Crippen molar-refractivity contribution < 1.29 is 9.90 Å². The number of β-amino-alcohol motifs (C(OH)–C–C–N with tert-alkyl or cyclic N) is 1. The molecule has 26 heavy (non-hydrogen) atoms. The third-order valence-corrected chi connectivity index (χ3v) is 5.42. The maximum absolute atomic E-state index is 12.8. The summed E-state index contributed by atoms with van der Waals surface area (Å²) in [6, 6.07) is 11.7. The molecule has 1 amide bonds. The molecular weight excluding hydrogens is 348 g/mol. The normalized spacial score (nSPS) is 20.1. The van der Waals surface area contributed by atoms with Gasteiger partial charge in [-0.25, -0.2) is 15.0 Å². The van der Waals surface area contributed by atoms with Crippen LogP contribution in [0.25, 0.3) is 10.8 Å². The van der Waals surface area contributed by atoms with Gasteiger partial charge in [0.25, 0.3) is 5.91 Å². The number of amides is 1. The zero-order chi connectivity index (χ0) is 17.9. The van der Waals surface area contributed by atoms with Crippen LogP contribution in [0.4, 0.5) is 0 Å². The quantitative estimate of drug-likeness (QED) is 0.771. The van der Waals surface area contributed by atoms with Crippen LogP contribution in [-0.4, -0.2) is 50.1 Å². The van der Waals surface area contributed by atoms with E-state index < -0.39 is 6.10 Å². The van der Waals surface area contributed by atoms with Crippen molar-refractivity contribution in [3.05, 3.63) is 65.4 Å². The highest BCUT2D eigenvalue weighted by atomic mass is 32.1. The second-order valence-corrected chi connectivity index (χ2v) is 7.09. The SMILES string of the molecule is O=C(c1csc(-c2ncccn2)n1)N1CC[C@@H](c2ccccc2)[C@H](O)C1. The molecule has 2 aromatic heterocycles. The van der Waals surface area contributed by atoms with Gasteiger partial charge in [0.05, 0.1) is 6.10 Å². The van der Waals surface area contributed by atoms with Crippen molar-refractivity contribution >= 4 is 17.2 Å². The van der Waals surface area contributed by atoms with Crippen molar-refractivity contribution in [2.24, 2.45) is 0 Å². The number of nitrogens with zero attached hydrogens (tertiary/aromatic N) is 4. The number of benzene rings is 1. The molecule has 1 saturated heterocycles. The molecule has 1 aliphatic rings. The van der Waals surface area contributed by atoms with Crippen molar-refractivity contribution in [2.75, 3.05) is 13.1 Å². The first kappa shape index (κ1) is 16.8. The van der Waals surface area contributed by atoms with Crippen LogP contribution in [0.1, 0.15) is 28.4 Å². The second-order valence-electron chi connectivity index (χ2n) is 6.23. The molecule has 3 aromatic rings. The molecule has 6 nitrogen and oxygen atoms in total. The fraction of sp³-hybridized carbons (Fsp3) is 0.263. The number of piperidine rings is 1. The Labute approximate surface area is 155 Å². The lowest BCUT2D eigenvalue weighted by molar-refractivity contribution is 0.0378. The van der Waals surface area contributed by atoms with Crippen molar-refractivity contribution in [1.82, 2.24) is 19.9 Å². The summed E-state index contributed by atoms with van der Waals surface area (Å²) in [7, 11) is 0. The Balaban J connectivity index is 1.46. The number of aromatic nitrogens is 3. The van der Waals surface area contributed by atoms with Crippen molar-refractivity contribution in [3.8, 4) is 10.8 Å². The summed E-state index contributed by atoms with van der Waals surface area (Å²) in [5.74, 6) is 0.414. The number of carbonyl (C=O) groups is 1. The van der Waals surface area contributed by atoms with E-state index in [1.165, 1.54) is 11.3 Å². The van der Waals surface area contributed by atoms with E-state index in [0.29, 0.717) is 29.6 Å². The summed E-state index contributed by atoms with van der Waals surface area (Å²) in [6.07, 6.45) is 3.45. The highest BCUT2D eigenvalue weighted by molar-refractivity contribution is 7.13. The van der Waals surface area contributed by atoms with Crippen LogP contribution in [0.3, 0.4) is 0 Å². The summed E-state index contributed by atoms with van der Waals surface area (Å²) >= 11 is 1.35. The van der Waals surface area contributed by atoms with Gasteiger partial charge in [0.15, 0.2) is 10.8 Å². The molecule has 3 heterocycles. The molecule has 0 radical (unpaired) electrons. The molecule has 0 aliphatic carbocycles. The highest BCUT2D eigenvalue weighted by Gasteiger charge is 2.32. The fourth-order valence-electron chi connectivity index (χ4n) is 3.25. The Hall–Kier alpha value is -2.64. The van der Waals surface area contributed by atoms with Gasteiger partial charge in [0.2, 0.25) is 0 Å². The minimum absolute atomic E-state index is 0.0592. The van der Waals surface area contributed by atoms with Crippen molar-refractivity contribution in [3.63, 3.8) is 0 Å². The number of hydrogen-bond donors (Lipinski definition) is 1. The second kappa shape index (κ2) is 7.31. The molecular formula is C19H18N4O2S. The number of carbonyl (C=O) groups excluding carboxylic acids is 1. The van der Waals surface area contributed by atoms with Crippen molar-refractivity contribution in [1.29, 1.82) is 0 Å². The third-order valence-electron chi connectivity index (χ3n) is 4.58. The van der Waals surface area contributed by atoms with E-state index in [-0.39, 0.29) is 11.8 Å². The lowest BCUT2D eigenvalue weighted by Crippen LogP contribution is -2.45. The average Bonchev–Trinajstić information content (AvgIpc) is 3.19. The van der Waals surface area contributed by atoms with E-state index >= 15 is 0 Å². The molecule has 1 aromatic carbocycles. The molecule has 2 atom stereocenters. The van der Waals surface area contributed by atoms with Crippen LogP contribution in [0.2, 0.25) is 0 Å². The Morgan fingerprint density at radius 3 is 2.65 bits per heavy atom. The highest BCUT2D eigenvalue weighted by Crippen LogP contribution is 2.29. The Kier molecular flexibility index (Phi) is 4.73. The van der Waals surface area contributed by atoms with Gasteiger partial charge >= 0.3 is 0 Å². The van der Waals surface area contributed by atoms with Gasteiger partial charge in [0.1, 0.15) is 5.69 Å². The predicted molar refractivity (Wildman–Crippen MR) is 98.9 cm³/mol. The first-order valence-corrected chi connectivity index (χ1v) is 9.35. The smallest absolute Gasteiger partial charge is 0.273 e. The average molecular weight is 366 g/mol. The molecule has 1 aliphatic heterocycles. The number of aliphatic hydroxyl groups excluding tert-OH is 1. The lowest BCUT2D eigenvalue weighted by Gasteiger charge is -2.35. The monoisotopic (exact) mass is 366 g/mol. The maximum Gasteiger partial charge on any atom is 0.273 e. The number of hydrogen-bond acceptors (Lipinski definition) is 6. The van der Waals surface area contributed by atoms with Crippen LogP contribution in [0, 0.1) is 0 Å². The largest absolute Gasteiger partial charge is 0.391 e. The van der Waals surface area contributed by atoms with E-state index in [1.807, 2.05) is 30.3 Å². The Bertz CT molecular complexity index is 885. The zero-order valence-electron chi connectivity index (χ0n) is 14.0. The molecule has 0 unspecified atom stereocenters. The van der Waals surface area contributed by atoms with Gasteiger partial charge in [0, 0.05) is 36.8 Å². The van der Waals surface area contributed by atoms with Gasteiger partial charge in [-0.1, -0.05) is 30.3 Å². The molecule has 1 N–H and O–H groups in total. The molecule has 0 bridgehead atoms. The summed E-state index contributed by atoms with van der Waals surface area (Å²) in [6.45, 7) is 0.914. The number of rotatable bonds is 3.